The highest BCUT2D eigenvalue weighted by Crippen LogP contribution is 2.30. The number of hydrogen-bond donors (Lipinski definition) is 1. The van der Waals surface area contributed by atoms with Crippen molar-refractivity contribution in [1.82, 2.24) is 5.32 Å². The second-order valence-electron chi connectivity index (χ2n) is 3.88. The van der Waals surface area contributed by atoms with E-state index in [0.29, 0.717) is 0 Å². The lowest BCUT2D eigenvalue weighted by molar-refractivity contribution is 0.452. The monoisotopic (exact) mass is 155 g/mol. The lowest BCUT2D eigenvalue weighted by atomic mass is 10.1. The molecular weight excluding hydrogens is 134 g/mol. The first-order valence-electron chi connectivity index (χ1n) is 5.04. The normalized spacial score (nSPS) is 31.9. The average molecular weight is 155 g/mol. The lowest BCUT2D eigenvalue weighted by Gasteiger charge is -2.15. The van der Waals surface area contributed by atoms with Gasteiger partial charge in [0.15, 0.2) is 0 Å². The molecule has 1 saturated carbocycles. The van der Waals surface area contributed by atoms with E-state index < -0.39 is 0 Å². The molecule has 1 aliphatic carbocycles. The third kappa shape index (κ3) is 2.82. The predicted molar refractivity (Wildman–Crippen MR) is 49.7 cm³/mol. The van der Waals surface area contributed by atoms with Gasteiger partial charge in [0, 0.05) is 12.1 Å². The minimum Gasteiger partial charge on any atom is -0.311 e. The maximum atomic E-state index is 3.69. The summed E-state index contributed by atoms with van der Waals surface area (Å²) >= 11 is 0. The van der Waals surface area contributed by atoms with Crippen LogP contribution in [-0.2, 0) is 0 Å². The Morgan fingerprint density at radius 1 is 1.45 bits per heavy atom. The Hall–Kier alpha value is -0.0400. The van der Waals surface area contributed by atoms with Crippen LogP contribution in [0.3, 0.4) is 0 Å². The molecule has 0 aromatic rings. The molecule has 0 radical (unpaired) electrons. The third-order valence-electron chi connectivity index (χ3n) is 2.69. The molecule has 0 bridgehead atoms. The molecule has 0 amide bonds. The van der Waals surface area contributed by atoms with E-state index in [0.717, 1.165) is 18.0 Å². The molecule has 0 aromatic heterocycles. The van der Waals surface area contributed by atoms with Gasteiger partial charge in [-0.25, -0.2) is 0 Å². The van der Waals surface area contributed by atoms with Gasteiger partial charge in [0.2, 0.25) is 0 Å². The van der Waals surface area contributed by atoms with Crippen LogP contribution in [-0.4, -0.2) is 12.1 Å². The van der Waals surface area contributed by atoms with Crippen molar-refractivity contribution in [2.75, 3.05) is 0 Å². The summed E-state index contributed by atoms with van der Waals surface area (Å²) in [4.78, 5) is 0. The zero-order valence-corrected chi connectivity index (χ0v) is 8.06. The first-order chi connectivity index (χ1) is 5.27. The van der Waals surface area contributed by atoms with E-state index in [9.17, 15) is 0 Å². The SMILES string of the molecule is CCCC(CC)NC1CC1C. The van der Waals surface area contributed by atoms with Crippen molar-refractivity contribution >= 4 is 0 Å². The molecule has 0 heterocycles. The van der Waals surface area contributed by atoms with Gasteiger partial charge in [-0.15, -0.1) is 0 Å². The van der Waals surface area contributed by atoms with Gasteiger partial charge in [-0.3, -0.25) is 0 Å². The molecule has 1 nitrogen and oxygen atoms in total. The van der Waals surface area contributed by atoms with Gasteiger partial charge < -0.3 is 5.32 Å². The molecule has 66 valence electrons. The van der Waals surface area contributed by atoms with Gasteiger partial charge in [-0.05, 0) is 25.2 Å². The molecule has 3 unspecified atom stereocenters. The average Bonchev–Trinajstić information content (AvgIpc) is 2.66. The Kier molecular flexibility index (Phi) is 3.38. The molecule has 1 heteroatoms. The molecule has 3 atom stereocenters. The van der Waals surface area contributed by atoms with Gasteiger partial charge in [0.1, 0.15) is 0 Å². The summed E-state index contributed by atoms with van der Waals surface area (Å²) in [5.41, 5.74) is 0. The molecular formula is C10H21N. The Balaban J connectivity index is 2.10. The second kappa shape index (κ2) is 4.10. The minimum atomic E-state index is 0.787. The third-order valence-corrected chi connectivity index (χ3v) is 2.69. The lowest BCUT2D eigenvalue weighted by Crippen LogP contribution is -2.30. The zero-order valence-electron chi connectivity index (χ0n) is 8.06. The fourth-order valence-electron chi connectivity index (χ4n) is 1.61. The summed E-state index contributed by atoms with van der Waals surface area (Å²) in [6.07, 6.45) is 5.35. The van der Waals surface area contributed by atoms with Gasteiger partial charge >= 0.3 is 0 Å². The van der Waals surface area contributed by atoms with Crippen LogP contribution < -0.4 is 5.32 Å². The number of rotatable bonds is 5. The summed E-state index contributed by atoms with van der Waals surface area (Å²) in [5, 5.41) is 3.69. The van der Waals surface area contributed by atoms with E-state index in [1.54, 1.807) is 0 Å². The van der Waals surface area contributed by atoms with Crippen molar-refractivity contribution in [2.45, 2.75) is 58.5 Å². The largest absolute Gasteiger partial charge is 0.311 e. The molecule has 1 N–H and O–H groups in total. The van der Waals surface area contributed by atoms with Crippen LogP contribution in [0.15, 0.2) is 0 Å². The molecule has 1 aliphatic rings. The van der Waals surface area contributed by atoms with Crippen molar-refractivity contribution in [3.8, 4) is 0 Å². The van der Waals surface area contributed by atoms with Crippen LogP contribution in [0.5, 0.6) is 0 Å². The highest BCUT2D eigenvalue weighted by molar-refractivity contribution is 4.91. The van der Waals surface area contributed by atoms with Crippen LogP contribution in [0.1, 0.15) is 46.5 Å². The van der Waals surface area contributed by atoms with Crippen LogP contribution in [0.25, 0.3) is 0 Å². The number of nitrogens with one attached hydrogen (secondary N) is 1. The molecule has 1 rings (SSSR count). The van der Waals surface area contributed by atoms with E-state index >= 15 is 0 Å². The van der Waals surface area contributed by atoms with Crippen molar-refractivity contribution in [3.05, 3.63) is 0 Å². The standard InChI is InChI=1S/C10H21N/c1-4-6-9(5-2)11-10-7-8(10)3/h8-11H,4-7H2,1-3H3. The maximum Gasteiger partial charge on any atom is 0.00989 e. The van der Waals surface area contributed by atoms with E-state index in [1.165, 1.54) is 25.7 Å². The second-order valence-corrected chi connectivity index (χ2v) is 3.88. The van der Waals surface area contributed by atoms with E-state index in [1.807, 2.05) is 0 Å². The van der Waals surface area contributed by atoms with E-state index in [-0.39, 0.29) is 0 Å². The van der Waals surface area contributed by atoms with Gasteiger partial charge in [0.05, 0.1) is 0 Å². The molecule has 1 fully saturated rings. The van der Waals surface area contributed by atoms with E-state index in [4.69, 9.17) is 0 Å². The maximum absolute atomic E-state index is 3.69. The summed E-state index contributed by atoms with van der Waals surface area (Å²) in [7, 11) is 0. The Morgan fingerprint density at radius 3 is 2.45 bits per heavy atom. The fourth-order valence-corrected chi connectivity index (χ4v) is 1.61. The topological polar surface area (TPSA) is 12.0 Å². The summed E-state index contributed by atoms with van der Waals surface area (Å²) in [5.74, 6) is 0.945. The summed E-state index contributed by atoms with van der Waals surface area (Å²) in [6.45, 7) is 6.87. The summed E-state index contributed by atoms with van der Waals surface area (Å²) < 4.78 is 0. The van der Waals surface area contributed by atoms with Crippen molar-refractivity contribution in [2.24, 2.45) is 5.92 Å². The van der Waals surface area contributed by atoms with Gasteiger partial charge in [-0.2, -0.15) is 0 Å². The van der Waals surface area contributed by atoms with Crippen LogP contribution >= 0.6 is 0 Å². The fraction of sp³-hybridized carbons (Fsp3) is 1.00. The molecule has 0 spiro atoms. The Bertz CT molecular complexity index is 111. The predicted octanol–water partition coefficient (Wildman–Crippen LogP) is 2.56. The molecule has 0 aliphatic heterocycles. The van der Waals surface area contributed by atoms with Crippen molar-refractivity contribution in [3.63, 3.8) is 0 Å². The highest BCUT2D eigenvalue weighted by atomic mass is 15.0. The zero-order chi connectivity index (χ0) is 8.27. The first kappa shape index (κ1) is 9.05. The number of hydrogen-bond acceptors (Lipinski definition) is 1. The van der Waals surface area contributed by atoms with Crippen molar-refractivity contribution < 1.29 is 0 Å². The smallest absolute Gasteiger partial charge is 0.00989 e. The molecule has 0 aromatic carbocycles. The van der Waals surface area contributed by atoms with Crippen LogP contribution in [0.4, 0.5) is 0 Å². The summed E-state index contributed by atoms with van der Waals surface area (Å²) in [6, 6.07) is 1.64. The minimum absolute atomic E-state index is 0.787. The van der Waals surface area contributed by atoms with Crippen LogP contribution in [0.2, 0.25) is 0 Å². The van der Waals surface area contributed by atoms with Crippen LogP contribution in [0, 0.1) is 5.92 Å². The van der Waals surface area contributed by atoms with E-state index in [2.05, 4.69) is 26.1 Å². The van der Waals surface area contributed by atoms with Crippen molar-refractivity contribution in [1.29, 1.82) is 0 Å². The Labute approximate surface area is 70.6 Å². The first-order valence-corrected chi connectivity index (χ1v) is 5.04. The molecule has 11 heavy (non-hydrogen) atoms. The highest BCUT2D eigenvalue weighted by Gasteiger charge is 2.33. The Morgan fingerprint density at radius 2 is 2.09 bits per heavy atom. The molecule has 0 saturated heterocycles. The van der Waals surface area contributed by atoms with Gasteiger partial charge in [0.25, 0.3) is 0 Å². The van der Waals surface area contributed by atoms with Gasteiger partial charge in [-0.1, -0.05) is 27.2 Å². The quantitative estimate of drug-likeness (QED) is 0.643.